The fraction of sp³-hybridized carbons (Fsp3) is 1.00. The van der Waals surface area contributed by atoms with Gasteiger partial charge in [-0.25, -0.2) is 8.42 Å². The van der Waals surface area contributed by atoms with Crippen molar-refractivity contribution in [2.75, 3.05) is 19.3 Å². The van der Waals surface area contributed by atoms with Gasteiger partial charge in [-0.3, -0.25) is 0 Å². The van der Waals surface area contributed by atoms with E-state index in [4.69, 9.17) is 0 Å². The van der Waals surface area contributed by atoms with Crippen molar-refractivity contribution in [3.8, 4) is 0 Å². The van der Waals surface area contributed by atoms with Crippen molar-refractivity contribution in [1.82, 2.24) is 5.32 Å². The van der Waals surface area contributed by atoms with Gasteiger partial charge in [0.1, 0.15) is 0 Å². The molecule has 0 aromatic heterocycles. The highest BCUT2D eigenvalue weighted by Crippen LogP contribution is 2.43. The monoisotopic (exact) mass is 205 g/mol. The summed E-state index contributed by atoms with van der Waals surface area (Å²) >= 11 is 0. The molecule has 0 heterocycles. The Kier molecular flexibility index (Phi) is 3.02. The molecule has 1 aliphatic carbocycles. The Hall–Kier alpha value is -0.0900. The molecule has 4 heteroatoms. The molecular weight excluding hydrogens is 186 g/mol. The van der Waals surface area contributed by atoms with E-state index in [9.17, 15) is 8.42 Å². The Morgan fingerprint density at radius 1 is 1.54 bits per heavy atom. The van der Waals surface area contributed by atoms with E-state index >= 15 is 0 Å². The second-order valence-electron chi connectivity index (χ2n) is 4.06. The fourth-order valence-electron chi connectivity index (χ4n) is 2.04. The number of hydrogen-bond donors (Lipinski definition) is 1. The fourth-order valence-corrected chi connectivity index (χ4v) is 3.74. The van der Waals surface area contributed by atoms with Crippen LogP contribution in [0, 0.1) is 5.92 Å². The van der Waals surface area contributed by atoms with Crippen LogP contribution in [-0.4, -0.2) is 32.5 Å². The molecule has 1 rings (SSSR count). The standard InChI is InChI=1S/C9H19NO2S/c1-4-10-7-9(13(3,11)12)6-5-8(9)2/h8,10H,4-7H2,1-3H3. The summed E-state index contributed by atoms with van der Waals surface area (Å²) in [5.41, 5.74) is 0. The van der Waals surface area contributed by atoms with Crippen LogP contribution in [0.2, 0.25) is 0 Å². The molecule has 78 valence electrons. The van der Waals surface area contributed by atoms with Gasteiger partial charge in [-0.1, -0.05) is 13.8 Å². The van der Waals surface area contributed by atoms with E-state index in [2.05, 4.69) is 5.32 Å². The highest BCUT2D eigenvalue weighted by Gasteiger charge is 2.51. The largest absolute Gasteiger partial charge is 0.315 e. The summed E-state index contributed by atoms with van der Waals surface area (Å²) in [6, 6.07) is 0. The molecule has 13 heavy (non-hydrogen) atoms. The summed E-state index contributed by atoms with van der Waals surface area (Å²) in [5, 5.41) is 3.15. The molecule has 3 nitrogen and oxygen atoms in total. The van der Waals surface area contributed by atoms with Gasteiger partial charge in [0.05, 0.1) is 4.75 Å². The second-order valence-corrected chi connectivity index (χ2v) is 6.41. The van der Waals surface area contributed by atoms with Gasteiger partial charge in [0.15, 0.2) is 9.84 Å². The molecule has 1 saturated carbocycles. The first-order valence-electron chi connectivity index (χ1n) is 4.84. The van der Waals surface area contributed by atoms with Crippen LogP contribution in [0.5, 0.6) is 0 Å². The summed E-state index contributed by atoms with van der Waals surface area (Å²) in [6.07, 6.45) is 3.22. The van der Waals surface area contributed by atoms with Crippen LogP contribution in [0.4, 0.5) is 0 Å². The molecule has 0 bridgehead atoms. The molecule has 0 aromatic rings. The van der Waals surface area contributed by atoms with Gasteiger partial charge in [0, 0.05) is 12.8 Å². The average molecular weight is 205 g/mol. The zero-order valence-electron chi connectivity index (χ0n) is 8.63. The van der Waals surface area contributed by atoms with Crippen LogP contribution in [0.1, 0.15) is 26.7 Å². The maximum absolute atomic E-state index is 11.6. The van der Waals surface area contributed by atoms with Gasteiger partial charge in [-0.2, -0.15) is 0 Å². The third kappa shape index (κ3) is 1.74. The number of sulfone groups is 1. The van der Waals surface area contributed by atoms with Crippen LogP contribution in [-0.2, 0) is 9.84 Å². The van der Waals surface area contributed by atoms with E-state index in [0.717, 1.165) is 19.4 Å². The maximum atomic E-state index is 11.6. The van der Waals surface area contributed by atoms with E-state index < -0.39 is 14.6 Å². The average Bonchev–Trinajstić information content (AvgIpc) is 2.00. The molecule has 1 N–H and O–H groups in total. The minimum absolute atomic E-state index is 0.307. The van der Waals surface area contributed by atoms with Gasteiger partial charge >= 0.3 is 0 Å². The third-order valence-electron chi connectivity index (χ3n) is 3.31. The molecule has 2 atom stereocenters. The predicted molar refractivity (Wildman–Crippen MR) is 54.5 cm³/mol. The smallest absolute Gasteiger partial charge is 0.154 e. The lowest BCUT2D eigenvalue weighted by molar-refractivity contribution is 0.218. The van der Waals surface area contributed by atoms with Crippen molar-refractivity contribution in [2.24, 2.45) is 5.92 Å². The van der Waals surface area contributed by atoms with Crippen LogP contribution in [0.3, 0.4) is 0 Å². The third-order valence-corrected chi connectivity index (χ3v) is 5.54. The van der Waals surface area contributed by atoms with E-state index in [1.54, 1.807) is 0 Å². The Bertz CT molecular complexity index is 273. The highest BCUT2D eigenvalue weighted by molar-refractivity contribution is 7.92. The summed E-state index contributed by atoms with van der Waals surface area (Å²) in [5.74, 6) is 0.307. The molecule has 1 aliphatic rings. The van der Waals surface area contributed by atoms with Gasteiger partial charge in [-0.15, -0.1) is 0 Å². The van der Waals surface area contributed by atoms with Crippen LogP contribution in [0.15, 0.2) is 0 Å². The van der Waals surface area contributed by atoms with E-state index in [0.29, 0.717) is 12.5 Å². The quantitative estimate of drug-likeness (QED) is 0.739. The minimum Gasteiger partial charge on any atom is -0.315 e. The van der Waals surface area contributed by atoms with Crippen molar-refractivity contribution < 1.29 is 8.42 Å². The maximum Gasteiger partial charge on any atom is 0.154 e. The molecule has 1 fully saturated rings. The molecule has 0 aliphatic heterocycles. The van der Waals surface area contributed by atoms with Crippen molar-refractivity contribution in [2.45, 2.75) is 31.4 Å². The molecule has 0 radical (unpaired) electrons. The lowest BCUT2D eigenvalue weighted by Gasteiger charge is -2.46. The lowest BCUT2D eigenvalue weighted by Crippen LogP contribution is -2.57. The first kappa shape index (κ1) is 11.0. The number of rotatable bonds is 4. The van der Waals surface area contributed by atoms with Crippen molar-refractivity contribution in [3.05, 3.63) is 0 Å². The number of nitrogens with one attached hydrogen (secondary N) is 1. The molecule has 0 amide bonds. The van der Waals surface area contributed by atoms with Crippen LogP contribution < -0.4 is 5.32 Å². The Balaban J connectivity index is 2.78. The van der Waals surface area contributed by atoms with Crippen LogP contribution >= 0.6 is 0 Å². The zero-order valence-corrected chi connectivity index (χ0v) is 9.45. The summed E-state index contributed by atoms with van der Waals surface area (Å²) in [6.45, 7) is 5.48. The molecule has 0 aromatic carbocycles. The molecule has 0 saturated heterocycles. The summed E-state index contributed by atoms with van der Waals surface area (Å²) in [7, 11) is -2.91. The zero-order chi connectivity index (χ0) is 10.1. The van der Waals surface area contributed by atoms with E-state index in [-0.39, 0.29) is 0 Å². The van der Waals surface area contributed by atoms with Gasteiger partial charge in [0.2, 0.25) is 0 Å². The summed E-state index contributed by atoms with van der Waals surface area (Å²) in [4.78, 5) is 0. The van der Waals surface area contributed by atoms with Gasteiger partial charge in [0.25, 0.3) is 0 Å². The molecule has 0 spiro atoms. The first-order chi connectivity index (χ1) is 5.94. The Labute approximate surface area is 80.8 Å². The minimum atomic E-state index is -2.91. The topological polar surface area (TPSA) is 46.2 Å². The van der Waals surface area contributed by atoms with Gasteiger partial charge in [-0.05, 0) is 25.3 Å². The summed E-state index contributed by atoms with van der Waals surface area (Å²) < 4.78 is 22.8. The second kappa shape index (κ2) is 3.58. The highest BCUT2D eigenvalue weighted by atomic mass is 32.2. The molecular formula is C9H19NO2S. The van der Waals surface area contributed by atoms with Crippen molar-refractivity contribution in [3.63, 3.8) is 0 Å². The predicted octanol–water partition coefficient (Wildman–Crippen LogP) is 0.809. The van der Waals surface area contributed by atoms with Gasteiger partial charge < -0.3 is 5.32 Å². The van der Waals surface area contributed by atoms with Crippen LogP contribution in [0.25, 0.3) is 0 Å². The first-order valence-corrected chi connectivity index (χ1v) is 6.73. The Morgan fingerprint density at radius 2 is 2.15 bits per heavy atom. The van der Waals surface area contributed by atoms with Crippen molar-refractivity contribution in [1.29, 1.82) is 0 Å². The lowest BCUT2D eigenvalue weighted by atomic mass is 9.74. The SMILES string of the molecule is CCNCC1(S(C)(=O)=O)CCC1C. The normalized spacial score (nSPS) is 34.2. The Morgan fingerprint density at radius 3 is 2.38 bits per heavy atom. The van der Waals surface area contributed by atoms with E-state index in [1.807, 2.05) is 13.8 Å². The van der Waals surface area contributed by atoms with E-state index in [1.165, 1.54) is 6.26 Å². The number of hydrogen-bond acceptors (Lipinski definition) is 3. The van der Waals surface area contributed by atoms with Crippen molar-refractivity contribution >= 4 is 9.84 Å². The molecule has 2 unspecified atom stereocenters.